The number of likely N-dealkylation sites (N-methyl/N-ethyl adjacent to an activating group) is 1. The molecule has 0 bridgehead atoms. The molecule has 4 nitrogen and oxygen atoms in total. The Morgan fingerprint density at radius 2 is 2.00 bits per heavy atom. The van der Waals surface area contributed by atoms with Crippen LogP contribution in [-0.2, 0) is 11.2 Å². The summed E-state index contributed by atoms with van der Waals surface area (Å²) in [6.45, 7) is 5.47. The maximum atomic E-state index is 12.9. The van der Waals surface area contributed by atoms with Gasteiger partial charge in [-0.15, -0.1) is 0 Å². The van der Waals surface area contributed by atoms with Crippen molar-refractivity contribution in [2.24, 2.45) is 5.92 Å². The standard InChI is InChI=1S/C17H27F2N3O/c1-5-21(15-9-7-6-8-11(15)2)16(23)10-14-12(3)20-22(13(14)4)17(18)19/h11,15,17H,5-10H2,1-4H3/t11-,15-/m1/s1. The third kappa shape index (κ3) is 3.72. The number of halogens is 2. The van der Waals surface area contributed by atoms with Gasteiger partial charge in [0.25, 0.3) is 0 Å². The molecule has 0 N–H and O–H groups in total. The zero-order chi connectivity index (χ0) is 17.1. The summed E-state index contributed by atoms with van der Waals surface area (Å²) in [7, 11) is 0. The monoisotopic (exact) mass is 327 g/mol. The van der Waals surface area contributed by atoms with Crippen molar-refractivity contribution in [3.63, 3.8) is 0 Å². The second-order valence-corrected chi connectivity index (χ2v) is 6.56. The lowest BCUT2D eigenvalue weighted by molar-refractivity contribution is -0.134. The number of rotatable bonds is 5. The molecule has 1 aliphatic carbocycles. The molecule has 1 aliphatic rings. The van der Waals surface area contributed by atoms with Gasteiger partial charge in [0.15, 0.2) is 0 Å². The first-order chi connectivity index (χ1) is 10.9. The zero-order valence-corrected chi connectivity index (χ0v) is 14.5. The zero-order valence-electron chi connectivity index (χ0n) is 14.5. The molecule has 1 fully saturated rings. The predicted octanol–water partition coefficient (Wildman–Crippen LogP) is 3.86. The van der Waals surface area contributed by atoms with Crippen LogP contribution < -0.4 is 0 Å². The van der Waals surface area contributed by atoms with E-state index in [9.17, 15) is 13.6 Å². The van der Waals surface area contributed by atoms with Gasteiger partial charge in [0.05, 0.1) is 12.1 Å². The Bertz CT molecular complexity index is 556. The second kappa shape index (κ2) is 7.41. The molecule has 1 amide bonds. The normalized spacial score (nSPS) is 21.7. The summed E-state index contributed by atoms with van der Waals surface area (Å²) in [6, 6.07) is 0.270. The van der Waals surface area contributed by atoms with E-state index in [1.807, 2.05) is 11.8 Å². The fourth-order valence-corrected chi connectivity index (χ4v) is 3.75. The van der Waals surface area contributed by atoms with E-state index in [0.717, 1.165) is 19.3 Å². The van der Waals surface area contributed by atoms with Crippen LogP contribution in [0, 0.1) is 19.8 Å². The van der Waals surface area contributed by atoms with Crippen molar-refractivity contribution in [3.8, 4) is 0 Å². The fraction of sp³-hybridized carbons (Fsp3) is 0.765. The molecule has 2 rings (SSSR count). The van der Waals surface area contributed by atoms with Crippen LogP contribution in [0.3, 0.4) is 0 Å². The molecule has 0 spiro atoms. The Kier molecular flexibility index (Phi) is 5.76. The number of alkyl halides is 2. The van der Waals surface area contributed by atoms with Gasteiger partial charge in [-0.2, -0.15) is 13.9 Å². The molecule has 0 aromatic carbocycles. The Morgan fingerprint density at radius 1 is 1.35 bits per heavy atom. The van der Waals surface area contributed by atoms with Crippen LogP contribution in [0.1, 0.15) is 63.0 Å². The number of amides is 1. The molecule has 0 radical (unpaired) electrons. The number of aryl methyl sites for hydroxylation is 1. The quantitative estimate of drug-likeness (QED) is 0.823. The smallest absolute Gasteiger partial charge is 0.333 e. The van der Waals surface area contributed by atoms with Gasteiger partial charge < -0.3 is 4.90 Å². The van der Waals surface area contributed by atoms with Crippen molar-refractivity contribution >= 4 is 5.91 Å². The van der Waals surface area contributed by atoms with E-state index in [-0.39, 0.29) is 18.4 Å². The van der Waals surface area contributed by atoms with Crippen molar-refractivity contribution in [1.29, 1.82) is 0 Å². The van der Waals surface area contributed by atoms with E-state index in [1.54, 1.807) is 13.8 Å². The van der Waals surface area contributed by atoms with Crippen LogP contribution in [0.15, 0.2) is 0 Å². The van der Waals surface area contributed by atoms with Gasteiger partial charge in [-0.25, -0.2) is 4.68 Å². The summed E-state index contributed by atoms with van der Waals surface area (Å²) in [5, 5.41) is 3.87. The van der Waals surface area contributed by atoms with E-state index in [2.05, 4.69) is 12.0 Å². The summed E-state index contributed by atoms with van der Waals surface area (Å²) in [6.07, 6.45) is 4.72. The minimum atomic E-state index is -2.67. The minimum absolute atomic E-state index is 0.0197. The van der Waals surface area contributed by atoms with Gasteiger partial charge >= 0.3 is 6.55 Å². The lowest BCUT2D eigenvalue weighted by atomic mass is 9.84. The second-order valence-electron chi connectivity index (χ2n) is 6.56. The molecule has 0 aliphatic heterocycles. The highest BCUT2D eigenvalue weighted by Crippen LogP contribution is 2.29. The van der Waals surface area contributed by atoms with Crippen LogP contribution in [0.4, 0.5) is 8.78 Å². The summed E-state index contributed by atoms with van der Waals surface area (Å²) in [5.41, 5.74) is 1.54. The topological polar surface area (TPSA) is 38.1 Å². The van der Waals surface area contributed by atoms with E-state index in [1.165, 1.54) is 6.42 Å². The number of carbonyl (C=O) groups excluding carboxylic acids is 1. The molecule has 1 aromatic heterocycles. The Morgan fingerprint density at radius 3 is 2.52 bits per heavy atom. The molecule has 130 valence electrons. The molecule has 1 heterocycles. The molecule has 0 saturated heterocycles. The van der Waals surface area contributed by atoms with Gasteiger partial charge in [0, 0.05) is 23.8 Å². The number of hydrogen-bond acceptors (Lipinski definition) is 2. The lowest BCUT2D eigenvalue weighted by Crippen LogP contribution is -2.45. The highest BCUT2D eigenvalue weighted by atomic mass is 19.3. The van der Waals surface area contributed by atoms with Crippen molar-refractivity contribution < 1.29 is 13.6 Å². The number of hydrogen-bond donors (Lipinski definition) is 0. The summed E-state index contributed by atoms with van der Waals surface area (Å²) in [4.78, 5) is 14.7. The van der Waals surface area contributed by atoms with E-state index in [4.69, 9.17) is 0 Å². The minimum Gasteiger partial charge on any atom is -0.339 e. The molecule has 23 heavy (non-hydrogen) atoms. The SMILES string of the molecule is CCN(C(=O)Cc1c(C)nn(C(F)F)c1C)[C@@H]1CCCC[C@H]1C. The first-order valence-electron chi connectivity index (χ1n) is 8.49. The van der Waals surface area contributed by atoms with E-state index >= 15 is 0 Å². The van der Waals surface area contributed by atoms with Crippen molar-refractivity contribution in [1.82, 2.24) is 14.7 Å². The highest BCUT2D eigenvalue weighted by molar-refractivity contribution is 5.79. The third-order valence-electron chi connectivity index (χ3n) is 5.12. The number of carbonyl (C=O) groups is 1. The first kappa shape index (κ1) is 17.9. The third-order valence-corrected chi connectivity index (χ3v) is 5.12. The fourth-order valence-electron chi connectivity index (χ4n) is 3.75. The Balaban J connectivity index is 2.17. The van der Waals surface area contributed by atoms with Crippen LogP contribution in [0.25, 0.3) is 0 Å². The molecule has 0 unspecified atom stereocenters. The first-order valence-corrected chi connectivity index (χ1v) is 8.49. The maximum Gasteiger partial charge on any atom is 0.333 e. The van der Waals surface area contributed by atoms with Crippen LogP contribution in [0.5, 0.6) is 0 Å². The predicted molar refractivity (Wildman–Crippen MR) is 85.5 cm³/mol. The number of aromatic nitrogens is 2. The van der Waals surface area contributed by atoms with Gasteiger partial charge in [-0.3, -0.25) is 4.79 Å². The van der Waals surface area contributed by atoms with Gasteiger partial charge in [0.1, 0.15) is 0 Å². The van der Waals surface area contributed by atoms with Crippen molar-refractivity contribution in [2.45, 2.75) is 72.4 Å². The molecule has 2 atom stereocenters. The average Bonchev–Trinajstić information content (AvgIpc) is 2.78. The molecular formula is C17H27F2N3O. The molecular weight excluding hydrogens is 300 g/mol. The molecule has 6 heteroatoms. The Labute approximate surface area is 136 Å². The van der Waals surface area contributed by atoms with Crippen LogP contribution >= 0.6 is 0 Å². The van der Waals surface area contributed by atoms with Crippen molar-refractivity contribution in [2.75, 3.05) is 6.54 Å². The van der Waals surface area contributed by atoms with Crippen LogP contribution in [-0.4, -0.2) is 33.2 Å². The summed E-state index contributed by atoms with van der Waals surface area (Å²) < 4.78 is 26.6. The van der Waals surface area contributed by atoms with Crippen LogP contribution in [0.2, 0.25) is 0 Å². The van der Waals surface area contributed by atoms with Gasteiger partial charge in [-0.1, -0.05) is 19.8 Å². The largest absolute Gasteiger partial charge is 0.339 e. The van der Waals surface area contributed by atoms with E-state index in [0.29, 0.717) is 34.1 Å². The Hall–Kier alpha value is -1.46. The summed E-state index contributed by atoms with van der Waals surface area (Å²) in [5.74, 6) is 0.518. The maximum absolute atomic E-state index is 12.9. The van der Waals surface area contributed by atoms with Crippen molar-refractivity contribution in [3.05, 3.63) is 17.0 Å². The molecule has 1 aromatic rings. The average molecular weight is 327 g/mol. The highest BCUT2D eigenvalue weighted by Gasteiger charge is 2.30. The van der Waals surface area contributed by atoms with Gasteiger partial charge in [0.2, 0.25) is 5.91 Å². The number of nitrogens with zero attached hydrogens (tertiary/aromatic N) is 3. The molecule has 1 saturated carbocycles. The lowest BCUT2D eigenvalue weighted by Gasteiger charge is -2.38. The summed E-state index contributed by atoms with van der Waals surface area (Å²) >= 11 is 0. The van der Waals surface area contributed by atoms with Gasteiger partial charge in [-0.05, 0) is 39.5 Å². The van der Waals surface area contributed by atoms with E-state index < -0.39 is 6.55 Å².